The summed E-state index contributed by atoms with van der Waals surface area (Å²) in [5, 5.41) is 51.3. The van der Waals surface area contributed by atoms with E-state index < -0.39 is 177 Å². The molecule has 4 fully saturated rings. The minimum atomic E-state index is -2.22. The molecule has 4 aliphatic heterocycles. The van der Waals surface area contributed by atoms with Gasteiger partial charge in [-0.15, -0.1) is 0 Å². The molecule has 0 atom stereocenters. The summed E-state index contributed by atoms with van der Waals surface area (Å²) in [6, 6.07) is 0. The standard InChI is InChI=1S/C34H48N4O18/c1-27(2)49-13-31(14-50-27,35(41)42)9-21-22(10-32(36(43)44)15-51-28(3,4)52-16-32)26(40)24(12-34(38(47)48)19-55-30(7,8)56-20-34)23(25(21)39)11-33(37(45)46)17-53-29(5,6)54-18-33/h9-20H2,1-8H3. The topological polar surface area (TPSA) is 281 Å². The Bertz CT molecular complexity index is 1480. The van der Waals surface area contributed by atoms with Crippen LogP contribution >= 0.6 is 0 Å². The van der Waals surface area contributed by atoms with Crippen molar-refractivity contribution in [1.82, 2.24) is 0 Å². The zero-order chi connectivity index (χ0) is 41.9. The molecule has 0 unspecified atom stereocenters. The van der Waals surface area contributed by atoms with Crippen LogP contribution in [-0.2, 0) is 47.5 Å². The highest BCUT2D eigenvalue weighted by atomic mass is 16.7. The van der Waals surface area contributed by atoms with Crippen LogP contribution in [0.3, 0.4) is 0 Å². The number of hydrogen-bond donors (Lipinski definition) is 0. The van der Waals surface area contributed by atoms with Crippen molar-refractivity contribution >= 4 is 11.6 Å². The molecule has 0 aromatic heterocycles. The minimum Gasteiger partial charge on any atom is -0.343 e. The van der Waals surface area contributed by atoms with Crippen molar-refractivity contribution in [3.63, 3.8) is 0 Å². The Morgan fingerprint density at radius 3 is 0.643 bits per heavy atom. The Morgan fingerprint density at radius 2 is 0.518 bits per heavy atom. The first kappa shape index (κ1) is 43.2. The van der Waals surface area contributed by atoms with Crippen LogP contribution in [0.2, 0.25) is 0 Å². The molecule has 5 rings (SSSR count). The van der Waals surface area contributed by atoms with Gasteiger partial charge in [0.25, 0.3) is 22.2 Å². The summed E-state index contributed by atoms with van der Waals surface area (Å²) < 4.78 is 45.1. The average Bonchev–Trinajstić information content (AvgIpc) is 3.09. The van der Waals surface area contributed by atoms with Gasteiger partial charge in [0.15, 0.2) is 34.7 Å². The van der Waals surface area contributed by atoms with Crippen LogP contribution in [0.25, 0.3) is 0 Å². The lowest BCUT2D eigenvalue weighted by atomic mass is 9.70. The molecule has 5 aliphatic rings. The molecule has 22 heteroatoms. The van der Waals surface area contributed by atoms with E-state index in [1.54, 1.807) is 0 Å². The average molecular weight is 801 g/mol. The summed E-state index contributed by atoms with van der Waals surface area (Å²) in [6.07, 6.45) is -3.50. The number of hydrogen-bond acceptors (Lipinski definition) is 18. The highest BCUT2D eigenvalue weighted by Crippen LogP contribution is 2.45. The lowest BCUT2D eigenvalue weighted by molar-refractivity contribution is -0.596. The van der Waals surface area contributed by atoms with Gasteiger partial charge in [0.2, 0.25) is 0 Å². The van der Waals surface area contributed by atoms with Crippen LogP contribution < -0.4 is 0 Å². The lowest BCUT2D eigenvalue weighted by Gasteiger charge is -2.42. The highest BCUT2D eigenvalue weighted by molar-refractivity contribution is 6.25. The molecular formula is C34H48N4O18. The van der Waals surface area contributed by atoms with Gasteiger partial charge in [0.05, 0.1) is 25.7 Å². The summed E-state index contributed by atoms with van der Waals surface area (Å²) in [4.78, 5) is 78.6. The molecule has 0 N–H and O–H groups in total. The van der Waals surface area contributed by atoms with E-state index in [-0.39, 0.29) is 0 Å². The van der Waals surface area contributed by atoms with Crippen molar-refractivity contribution in [3.05, 3.63) is 62.7 Å². The van der Waals surface area contributed by atoms with Crippen molar-refractivity contribution in [1.29, 1.82) is 0 Å². The maximum absolute atomic E-state index is 15.1. The Morgan fingerprint density at radius 1 is 0.375 bits per heavy atom. The van der Waals surface area contributed by atoms with Crippen LogP contribution in [0.5, 0.6) is 0 Å². The molecule has 312 valence electrons. The molecule has 1 aliphatic carbocycles. The third-order valence-corrected chi connectivity index (χ3v) is 10.9. The van der Waals surface area contributed by atoms with Crippen LogP contribution in [0.4, 0.5) is 0 Å². The first-order chi connectivity index (χ1) is 25.6. The van der Waals surface area contributed by atoms with E-state index in [0.29, 0.717) is 0 Å². The smallest absolute Gasteiger partial charge is 0.272 e. The molecule has 4 saturated heterocycles. The number of ether oxygens (including phenoxy) is 8. The summed E-state index contributed by atoms with van der Waals surface area (Å²) in [5.41, 5.74) is -11.2. The summed E-state index contributed by atoms with van der Waals surface area (Å²) >= 11 is 0. The second-order valence-corrected chi connectivity index (χ2v) is 17.1. The number of nitrogens with zero attached hydrogens (tertiary/aromatic N) is 4. The van der Waals surface area contributed by atoms with Gasteiger partial charge in [-0.3, -0.25) is 50.0 Å². The van der Waals surface area contributed by atoms with Gasteiger partial charge in [0.1, 0.15) is 52.9 Å². The third-order valence-electron chi connectivity index (χ3n) is 10.9. The number of carbonyl (C=O) groups is 2. The molecule has 0 amide bonds. The van der Waals surface area contributed by atoms with Gasteiger partial charge in [-0.05, 0) is 55.4 Å². The number of ketones is 2. The van der Waals surface area contributed by atoms with Gasteiger partial charge in [-0.1, -0.05) is 0 Å². The van der Waals surface area contributed by atoms with E-state index in [1.807, 2.05) is 0 Å². The molecule has 0 spiro atoms. The number of nitro groups is 4. The predicted molar refractivity (Wildman–Crippen MR) is 185 cm³/mol. The second kappa shape index (κ2) is 14.5. The number of carbonyl (C=O) groups excluding carboxylic acids is 2. The largest absolute Gasteiger partial charge is 0.343 e. The molecule has 4 heterocycles. The monoisotopic (exact) mass is 800 g/mol. The predicted octanol–water partition coefficient (Wildman–Crippen LogP) is 2.49. The fourth-order valence-electron chi connectivity index (χ4n) is 6.86. The Hall–Kier alpha value is -3.90. The lowest BCUT2D eigenvalue weighted by Crippen LogP contribution is -2.59. The van der Waals surface area contributed by atoms with Crippen molar-refractivity contribution < 1.29 is 67.2 Å². The molecule has 0 aromatic carbocycles. The quantitative estimate of drug-likeness (QED) is 0.156. The summed E-state index contributed by atoms with van der Waals surface area (Å²) in [7, 11) is 0. The van der Waals surface area contributed by atoms with E-state index >= 15 is 9.59 Å². The van der Waals surface area contributed by atoms with E-state index in [0.717, 1.165) is 0 Å². The van der Waals surface area contributed by atoms with Crippen molar-refractivity contribution in [2.75, 3.05) is 52.9 Å². The fourth-order valence-corrected chi connectivity index (χ4v) is 6.86. The van der Waals surface area contributed by atoms with Gasteiger partial charge < -0.3 is 37.9 Å². The normalized spacial score (nSPS) is 27.4. The van der Waals surface area contributed by atoms with Crippen molar-refractivity contribution in [2.24, 2.45) is 0 Å². The van der Waals surface area contributed by atoms with E-state index in [2.05, 4.69) is 0 Å². The van der Waals surface area contributed by atoms with Crippen LogP contribution in [-0.4, -0.2) is 129 Å². The van der Waals surface area contributed by atoms with Crippen molar-refractivity contribution in [2.45, 2.75) is 126 Å². The molecule has 22 nitrogen and oxygen atoms in total. The van der Waals surface area contributed by atoms with Gasteiger partial charge in [0, 0.05) is 42.0 Å². The zero-order valence-corrected chi connectivity index (χ0v) is 32.6. The van der Waals surface area contributed by atoms with E-state index in [9.17, 15) is 40.5 Å². The number of rotatable bonds is 12. The van der Waals surface area contributed by atoms with Crippen molar-refractivity contribution in [3.8, 4) is 0 Å². The van der Waals surface area contributed by atoms with E-state index in [4.69, 9.17) is 37.9 Å². The maximum atomic E-state index is 15.1. The van der Waals surface area contributed by atoms with Crippen LogP contribution in [0.15, 0.2) is 22.3 Å². The van der Waals surface area contributed by atoms with Gasteiger partial charge in [-0.2, -0.15) is 0 Å². The van der Waals surface area contributed by atoms with Gasteiger partial charge in [-0.25, -0.2) is 0 Å². The molecule has 0 bridgehead atoms. The maximum Gasteiger partial charge on any atom is 0.272 e. The van der Waals surface area contributed by atoms with Crippen LogP contribution in [0, 0.1) is 40.5 Å². The van der Waals surface area contributed by atoms with Gasteiger partial charge >= 0.3 is 0 Å². The molecule has 0 radical (unpaired) electrons. The zero-order valence-electron chi connectivity index (χ0n) is 32.6. The Balaban J connectivity index is 1.73. The van der Waals surface area contributed by atoms with E-state index in [1.165, 1.54) is 55.4 Å². The fraction of sp³-hybridized carbons (Fsp3) is 0.824. The molecule has 0 saturated carbocycles. The minimum absolute atomic E-state index is 0.577. The summed E-state index contributed by atoms with van der Waals surface area (Å²) in [6.45, 7) is 7.07. The highest BCUT2D eigenvalue weighted by Gasteiger charge is 2.60. The SMILES string of the molecule is CC1(C)OCC(CC2=C(CC3([N+](=O)[O-])COC(C)(C)OC3)C(=O)C(CC3([N+](=O)[O-])COC(C)(C)OC3)=C(CC3([N+](=O)[O-])COC(C)(C)OC3)C2=O)([N+](=O)[O-])CO1. The van der Waals surface area contributed by atoms with Crippen LogP contribution in [0.1, 0.15) is 81.1 Å². The Kier molecular flexibility index (Phi) is 11.2. The molecular weight excluding hydrogens is 752 g/mol. The second-order valence-electron chi connectivity index (χ2n) is 17.1. The number of Topliss-reactive ketones (excluding diaryl/α,β-unsaturated/α-hetero) is 2. The summed E-state index contributed by atoms with van der Waals surface area (Å²) in [5.74, 6) is -7.35. The first-order valence-corrected chi connectivity index (χ1v) is 17.9. The third kappa shape index (κ3) is 8.37. The molecule has 0 aromatic rings. The first-order valence-electron chi connectivity index (χ1n) is 17.9. The molecule has 56 heavy (non-hydrogen) atoms. The Labute approximate surface area is 320 Å².